The van der Waals surface area contributed by atoms with Gasteiger partial charge >= 0.3 is 0 Å². The maximum absolute atomic E-state index is 12.9. The van der Waals surface area contributed by atoms with Crippen molar-refractivity contribution >= 4 is 28.8 Å². The third kappa shape index (κ3) is 5.45. The van der Waals surface area contributed by atoms with E-state index in [0.29, 0.717) is 19.7 Å². The summed E-state index contributed by atoms with van der Waals surface area (Å²) in [5.41, 5.74) is 2.23. The standard InChI is InChI=1S/C21H23ClN2O2S/c1-26-12-5-11-24(21(25)20-9-4-13-27-20)16-19-8-3-10-23(19)15-17-6-2-7-18(22)14-17/h2-4,6-10,13-14H,5,11-12,15-16H2,1H3. The first kappa shape index (κ1) is 19.7. The lowest BCUT2D eigenvalue weighted by Gasteiger charge is -2.23. The Bertz CT molecular complexity index is 861. The Hall–Kier alpha value is -2.08. The quantitative estimate of drug-likeness (QED) is 0.475. The van der Waals surface area contributed by atoms with Gasteiger partial charge < -0.3 is 14.2 Å². The molecule has 0 atom stereocenters. The molecule has 4 nitrogen and oxygen atoms in total. The fraction of sp³-hybridized carbons (Fsp3) is 0.286. The first-order valence-electron chi connectivity index (χ1n) is 8.87. The summed E-state index contributed by atoms with van der Waals surface area (Å²) in [5, 5.41) is 2.66. The van der Waals surface area contributed by atoms with Crippen LogP contribution in [0.4, 0.5) is 0 Å². The minimum absolute atomic E-state index is 0.0663. The van der Waals surface area contributed by atoms with Crippen LogP contribution in [-0.4, -0.2) is 35.6 Å². The molecule has 0 saturated carbocycles. The SMILES string of the molecule is COCCCN(Cc1cccn1Cc1cccc(Cl)c1)C(=O)c1cccs1. The molecule has 27 heavy (non-hydrogen) atoms. The molecule has 0 aliphatic carbocycles. The minimum Gasteiger partial charge on any atom is -0.385 e. The maximum atomic E-state index is 12.9. The number of ether oxygens (including phenoxy) is 1. The van der Waals surface area contributed by atoms with Gasteiger partial charge in [0, 0.05) is 43.7 Å². The van der Waals surface area contributed by atoms with Crippen LogP contribution in [0.15, 0.2) is 60.1 Å². The van der Waals surface area contributed by atoms with Gasteiger partial charge in [0.25, 0.3) is 5.91 Å². The average Bonchev–Trinajstić information content (AvgIpc) is 3.33. The van der Waals surface area contributed by atoms with E-state index in [2.05, 4.69) is 16.7 Å². The van der Waals surface area contributed by atoms with Gasteiger partial charge in [-0.1, -0.05) is 29.8 Å². The molecule has 0 saturated heterocycles. The molecule has 1 aromatic carbocycles. The summed E-state index contributed by atoms with van der Waals surface area (Å²) < 4.78 is 7.32. The van der Waals surface area contributed by atoms with E-state index in [4.69, 9.17) is 16.3 Å². The van der Waals surface area contributed by atoms with E-state index in [9.17, 15) is 4.79 Å². The number of carbonyl (C=O) groups is 1. The van der Waals surface area contributed by atoms with Gasteiger partial charge in [0.15, 0.2) is 0 Å². The molecule has 0 fully saturated rings. The predicted octanol–water partition coefficient (Wildman–Crippen LogP) is 4.93. The zero-order valence-corrected chi connectivity index (χ0v) is 16.9. The molecule has 0 radical (unpaired) electrons. The highest BCUT2D eigenvalue weighted by molar-refractivity contribution is 7.12. The molecule has 0 unspecified atom stereocenters. The summed E-state index contributed by atoms with van der Waals surface area (Å²) in [4.78, 5) is 15.6. The molecular weight excluding hydrogens is 380 g/mol. The fourth-order valence-corrected chi connectivity index (χ4v) is 3.89. The van der Waals surface area contributed by atoms with Crippen LogP contribution < -0.4 is 0 Å². The first-order chi connectivity index (χ1) is 13.2. The number of hydrogen-bond donors (Lipinski definition) is 0. The van der Waals surface area contributed by atoms with E-state index < -0.39 is 0 Å². The summed E-state index contributed by atoms with van der Waals surface area (Å²) in [6.07, 6.45) is 2.85. The van der Waals surface area contributed by atoms with E-state index in [1.807, 2.05) is 52.9 Å². The van der Waals surface area contributed by atoms with Crippen molar-refractivity contribution < 1.29 is 9.53 Å². The highest BCUT2D eigenvalue weighted by atomic mass is 35.5. The van der Waals surface area contributed by atoms with E-state index in [-0.39, 0.29) is 5.91 Å². The van der Waals surface area contributed by atoms with Crippen molar-refractivity contribution in [2.45, 2.75) is 19.5 Å². The molecule has 6 heteroatoms. The third-order valence-corrected chi connectivity index (χ3v) is 5.41. The van der Waals surface area contributed by atoms with Crippen molar-refractivity contribution in [2.24, 2.45) is 0 Å². The first-order valence-corrected chi connectivity index (χ1v) is 10.1. The van der Waals surface area contributed by atoms with E-state index in [1.165, 1.54) is 11.3 Å². The van der Waals surface area contributed by atoms with Crippen molar-refractivity contribution in [3.63, 3.8) is 0 Å². The molecule has 3 rings (SSSR count). The van der Waals surface area contributed by atoms with Crippen molar-refractivity contribution in [3.05, 3.63) is 81.3 Å². The normalized spacial score (nSPS) is 10.9. The van der Waals surface area contributed by atoms with Gasteiger partial charge in [0.1, 0.15) is 0 Å². The van der Waals surface area contributed by atoms with Gasteiger partial charge in [-0.25, -0.2) is 0 Å². The van der Waals surface area contributed by atoms with Crippen LogP contribution in [-0.2, 0) is 17.8 Å². The lowest BCUT2D eigenvalue weighted by atomic mass is 10.2. The lowest BCUT2D eigenvalue weighted by Crippen LogP contribution is -2.32. The highest BCUT2D eigenvalue weighted by Crippen LogP contribution is 2.17. The molecule has 0 N–H and O–H groups in total. The molecule has 0 bridgehead atoms. The van der Waals surface area contributed by atoms with E-state index in [0.717, 1.165) is 34.1 Å². The second-order valence-electron chi connectivity index (χ2n) is 6.31. The molecule has 3 aromatic rings. The fourth-order valence-electron chi connectivity index (χ4n) is 2.98. The third-order valence-electron chi connectivity index (χ3n) is 4.31. The van der Waals surface area contributed by atoms with E-state index >= 15 is 0 Å². The van der Waals surface area contributed by atoms with Gasteiger partial charge in [0.05, 0.1) is 11.4 Å². The van der Waals surface area contributed by atoms with Gasteiger partial charge in [-0.15, -0.1) is 11.3 Å². The van der Waals surface area contributed by atoms with Crippen molar-refractivity contribution in [1.82, 2.24) is 9.47 Å². The van der Waals surface area contributed by atoms with Crippen molar-refractivity contribution in [2.75, 3.05) is 20.3 Å². The largest absolute Gasteiger partial charge is 0.385 e. The molecule has 0 aliphatic rings. The summed E-state index contributed by atoms with van der Waals surface area (Å²) in [6, 6.07) is 15.7. The molecular formula is C21H23ClN2O2S. The van der Waals surface area contributed by atoms with Crippen molar-refractivity contribution in [3.8, 4) is 0 Å². The van der Waals surface area contributed by atoms with Gasteiger partial charge in [0.2, 0.25) is 0 Å². The van der Waals surface area contributed by atoms with Crippen LogP contribution >= 0.6 is 22.9 Å². The number of rotatable bonds is 9. The average molecular weight is 403 g/mol. The summed E-state index contributed by atoms with van der Waals surface area (Å²) in [6.45, 7) is 2.58. The number of thiophene rings is 1. The predicted molar refractivity (Wildman–Crippen MR) is 111 cm³/mol. The summed E-state index contributed by atoms with van der Waals surface area (Å²) >= 11 is 7.58. The zero-order valence-electron chi connectivity index (χ0n) is 15.3. The van der Waals surface area contributed by atoms with Crippen LogP contribution in [0.3, 0.4) is 0 Å². The second-order valence-corrected chi connectivity index (χ2v) is 7.69. The zero-order chi connectivity index (χ0) is 19.1. The van der Waals surface area contributed by atoms with Gasteiger partial charge in [-0.2, -0.15) is 0 Å². The van der Waals surface area contributed by atoms with Crippen LogP contribution in [0.2, 0.25) is 5.02 Å². The number of nitrogens with zero attached hydrogens (tertiary/aromatic N) is 2. The van der Waals surface area contributed by atoms with E-state index in [1.54, 1.807) is 7.11 Å². The Balaban J connectivity index is 1.75. The Morgan fingerprint density at radius 3 is 2.85 bits per heavy atom. The van der Waals surface area contributed by atoms with Crippen LogP contribution in [0, 0.1) is 0 Å². The Morgan fingerprint density at radius 2 is 2.11 bits per heavy atom. The van der Waals surface area contributed by atoms with Crippen LogP contribution in [0.5, 0.6) is 0 Å². The highest BCUT2D eigenvalue weighted by Gasteiger charge is 2.18. The number of halogens is 1. The minimum atomic E-state index is 0.0663. The Labute approximate surface area is 168 Å². The summed E-state index contributed by atoms with van der Waals surface area (Å²) in [5.74, 6) is 0.0663. The molecule has 2 aromatic heterocycles. The molecule has 0 aliphatic heterocycles. The molecule has 1 amide bonds. The second kappa shape index (κ2) is 9.74. The lowest BCUT2D eigenvalue weighted by molar-refractivity contribution is 0.0724. The molecule has 142 valence electrons. The van der Waals surface area contributed by atoms with Crippen LogP contribution in [0.1, 0.15) is 27.3 Å². The van der Waals surface area contributed by atoms with Crippen LogP contribution in [0.25, 0.3) is 0 Å². The molecule has 0 spiro atoms. The Kier molecular flexibility index (Phi) is 7.10. The summed E-state index contributed by atoms with van der Waals surface area (Å²) in [7, 11) is 1.68. The van der Waals surface area contributed by atoms with Crippen molar-refractivity contribution in [1.29, 1.82) is 0 Å². The topological polar surface area (TPSA) is 34.5 Å². The Morgan fingerprint density at radius 1 is 1.22 bits per heavy atom. The number of aromatic nitrogens is 1. The van der Waals surface area contributed by atoms with Gasteiger partial charge in [-0.3, -0.25) is 4.79 Å². The monoisotopic (exact) mass is 402 g/mol. The number of hydrogen-bond acceptors (Lipinski definition) is 3. The number of carbonyl (C=O) groups excluding carboxylic acids is 1. The number of amides is 1. The number of benzene rings is 1. The van der Waals surface area contributed by atoms with Gasteiger partial charge in [-0.05, 0) is 47.7 Å². The number of methoxy groups -OCH3 is 1. The maximum Gasteiger partial charge on any atom is 0.264 e. The smallest absolute Gasteiger partial charge is 0.264 e. The molecule has 2 heterocycles.